The fraction of sp³-hybridized carbons (Fsp3) is 0.231. The molecule has 98 valence electrons. The van der Waals surface area contributed by atoms with Crippen LogP contribution in [0.25, 0.3) is 21.8 Å². The number of aromatic nitrogens is 3. The van der Waals surface area contributed by atoms with E-state index in [0.717, 1.165) is 10.8 Å². The van der Waals surface area contributed by atoms with E-state index in [1.807, 2.05) is 18.2 Å². The van der Waals surface area contributed by atoms with Crippen LogP contribution in [0.15, 0.2) is 29.1 Å². The molecule has 0 radical (unpaired) electrons. The van der Waals surface area contributed by atoms with Gasteiger partial charge in [0.1, 0.15) is 5.82 Å². The zero-order valence-corrected chi connectivity index (χ0v) is 10.5. The van der Waals surface area contributed by atoms with Gasteiger partial charge in [-0.05, 0) is 6.07 Å². The van der Waals surface area contributed by atoms with Gasteiger partial charge in [0.2, 0.25) is 0 Å². The quantitative estimate of drug-likeness (QED) is 0.736. The summed E-state index contributed by atoms with van der Waals surface area (Å²) < 4.78 is 6.63. The van der Waals surface area contributed by atoms with Gasteiger partial charge < -0.3 is 10.5 Å². The van der Waals surface area contributed by atoms with Crippen LogP contribution in [0, 0.1) is 0 Å². The van der Waals surface area contributed by atoms with Crippen LogP contribution in [0.2, 0.25) is 0 Å². The van der Waals surface area contributed by atoms with Gasteiger partial charge in [-0.25, -0.2) is 0 Å². The number of nitrogen functional groups attached to an aromatic ring is 1. The number of H-pyrrole nitrogens is 1. The summed E-state index contributed by atoms with van der Waals surface area (Å²) in [6.45, 7) is 0.890. The third kappa shape index (κ3) is 1.68. The highest BCUT2D eigenvalue weighted by Crippen LogP contribution is 2.25. The molecule has 0 unspecified atom stereocenters. The van der Waals surface area contributed by atoms with E-state index < -0.39 is 0 Å². The number of nitrogens with one attached hydrogen (secondary N) is 1. The molecule has 3 aromatic rings. The lowest BCUT2D eigenvalue weighted by atomic mass is 10.1. The van der Waals surface area contributed by atoms with Crippen molar-refractivity contribution < 1.29 is 4.74 Å². The van der Waals surface area contributed by atoms with Crippen molar-refractivity contribution in [3.8, 4) is 0 Å². The number of rotatable bonds is 3. The first-order valence-electron chi connectivity index (χ1n) is 5.98. The number of nitrogens with zero attached hydrogens (tertiary/aromatic N) is 2. The molecule has 0 bridgehead atoms. The molecule has 6 nitrogen and oxygen atoms in total. The number of hydrogen-bond acceptors (Lipinski definition) is 4. The maximum absolute atomic E-state index is 12.5. The highest BCUT2D eigenvalue weighted by atomic mass is 16.5. The van der Waals surface area contributed by atoms with Gasteiger partial charge in [-0.2, -0.15) is 5.10 Å². The topological polar surface area (TPSA) is 85.9 Å². The first-order valence-corrected chi connectivity index (χ1v) is 5.98. The van der Waals surface area contributed by atoms with Crippen molar-refractivity contribution >= 4 is 27.6 Å². The van der Waals surface area contributed by atoms with Gasteiger partial charge in [-0.1, -0.05) is 18.2 Å². The summed E-state index contributed by atoms with van der Waals surface area (Å²) >= 11 is 0. The molecule has 2 aromatic heterocycles. The molecule has 0 spiro atoms. The summed E-state index contributed by atoms with van der Waals surface area (Å²) in [5.41, 5.74) is 6.42. The number of benzene rings is 1. The lowest BCUT2D eigenvalue weighted by Crippen LogP contribution is -2.23. The number of ether oxygens (including phenoxy) is 1. The Kier molecular flexibility index (Phi) is 2.72. The Morgan fingerprint density at radius 3 is 2.84 bits per heavy atom. The Balaban J connectivity index is 2.46. The van der Waals surface area contributed by atoms with Crippen LogP contribution < -0.4 is 11.3 Å². The fourth-order valence-electron chi connectivity index (χ4n) is 2.33. The molecule has 0 atom stereocenters. The summed E-state index contributed by atoms with van der Waals surface area (Å²) in [5, 5.41) is 9.12. The predicted octanol–water partition coefficient (Wildman–Crippen LogP) is 1.11. The van der Waals surface area contributed by atoms with Crippen molar-refractivity contribution in [3.63, 3.8) is 0 Å². The number of fused-ring (bicyclic) bond motifs is 3. The lowest BCUT2D eigenvalue weighted by molar-refractivity contribution is 0.187. The third-order valence-corrected chi connectivity index (χ3v) is 3.22. The van der Waals surface area contributed by atoms with Crippen molar-refractivity contribution in [2.24, 2.45) is 0 Å². The second-order valence-electron chi connectivity index (χ2n) is 4.33. The number of pyridine rings is 1. The van der Waals surface area contributed by atoms with E-state index in [1.54, 1.807) is 17.7 Å². The second kappa shape index (κ2) is 4.40. The molecular formula is C13H14N4O2. The van der Waals surface area contributed by atoms with E-state index >= 15 is 0 Å². The molecule has 0 aliphatic rings. The Labute approximate surface area is 108 Å². The Bertz CT molecular complexity index is 803. The van der Waals surface area contributed by atoms with E-state index in [2.05, 4.69) is 10.2 Å². The summed E-state index contributed by atoms with van der Waals surface area (Å²) in [6.07, 6.45) is 0. The van der Waals surface area contributed by atoms with Gasteiger partial charge in [0.15, 0.2) is 5.65 Å². The number of anilines is 1. The SMILES string of the molecule is COCCn1c(=O)c2ccccc2c2c(N)[nH]nc21. The van der Waals surface area contributed by atoms with Crippen LogP contribution in [-0.4, -0.2) is 28.5 Å². The van der Waals surface area contributed by atoms with Gasteiger partial charge in [0.05, 0.1) is 18.5 Å². The summed E-state index contributed by atoms with van der Waals surface area (Å²) in [4.78, 5) is 12.5. The zero-order valence-electron chi connectivity index (χ0n) is 10.5. The van der Waals surface area contributed by atoms with Gasteiger partial charge in [-0.15, -0.1) is 0 Å². The van der Waals surface area contributed by atoms with E-state index in [0.29, 0.717) is 30.0 Å². The predicted molar refractivity (Wildman–Crippen MR) is 74.1 cm³/mol. The Morgan fingerprint density at radius 1 is 1.37 bits per heavy atom. The fourth-order valence-corrected chi connectivity index (χ4v) is 2.33. The van der Waals surface area contributed by atoms with Crippen LogP contribution >= 0.6 is 0 Å². The number of aromatic amines is 1. The first-order chi connectivity index (χ1) is 9.24. The normalized spacial score (nSPS) is 11.4. The van der Waals surface area contributed by atoms with Gasteiger partial charge >= 0.3 is 0 Å². The van der Waals surface area contributed by atoms with Gasteiger partial charge in [0, 0.05) is 17.9 Å². The third-order valence-electron chi connectivity index (χ3n) is 3.22. The molecule has 0 aliphatic carbocycles. The van der Waals surface area contributed by atoms with Gasteiger partial charge in [-0.3, -0.25) is 14.5 Å². The van der Waals surface area contributed by atoms with Crippen molar-refractivity contribution in [3.05, 3.63) is 34.6 Å². The summed E-state index contributed by atoms with van der Waals surface area (Å²) in [6, 6.07) is 7.40. The van der Waals surface area contributed by atoms with E-state index in [9.17, 15) is 4.79 Å². The molecule has 0 fully saturated rings. The molecule has 0 saturated heterocycles. The smallest absolute Gasteiger partial charge is 0.260 e. The van der Waals surface area contributed by atoms with Crippen molar-refractivity contribution in [1.29, 1.82) is 0 Å². The van der Waals surface area contributed by atoms with Crippen LogP contribution in [0.5, 0.6) is 0 Å². The monoisotopic (exact) mass is 258 g/mol. The second-order valence-corrected chi connectivity index (χ2v) is 4.33. The highest BCUT2D eigenvalue weighted by molar-refractivity contribution is 6.09. The van der Waals surface area contributed by atoms with Crippen molar-refractivity contribution in [1.82, 2.24) is 14.8 Å². The molecule has 3 N–H and O–H groups in total. The minimum atomic E-state index is -0.0772. The van der Waals surface area contributed by atoms with Crippen LogP contribution in [-0.2, 0) is 11.3 Å². The largest absolute Gasteiger partial charge is 0.383 e. The Hall–Kier alpha value is -2.34. The van der Waals surface area contributed by atoms with Crippen molar-refractivity contribution in [2.45, 2.75) is 6.54 Å². The first kappa shape index (κ1) is 11.7. The minimum Gasteiger partial charge on any atom is -0.383 e. The van der Waals surface area contributed by atoms with Gasteiger partial charge in [0.25, 0.3) is 5.56 Å². The Morgan fingerprint density at radius 2 is 2.11 bits per heavy atom. The number of nitrogens with two attached hydrogens (primary N) is 1. The maximum atomic E-state index is 12.5. The molecule has 0 amide bonds. The van der Waals surface area contributed by atoms with Crippen molar-refractivity contribution in [2.75, 3.05) is 19.5 Å². The molecule has 3 rings (SSSR count). The highest BCUT2D eigenvalue weighted by Gasteiger charge is 2.14. The molecule has 6 heteroatoms. The number of hydrogen-bond donors (Lipinski definition) is 2. The van der Waals surface area contributed by atoms with E-state index in [-0.39, 0.29) is 5.56 Å². The average Bonchev–Trinajstić information content (AvgIpc) is 2.81. The minimum absolute atomic E-state index is 0.0772. The standard InChI is InChI=1S/C13H14N4O2/c1-19-7-6-17-12-10(11(14)15-16-12)8-4-2-3-5-9(8)13(17)18/h2-5H,6-7H2,1H3,(H3,14,15,16). The molecule has 0 aliphatic heterocycles. The van der Waals surface area contributed by atoms with E-state index in [4.69, 9.17) is 10.5 Å². The zero-order chi connectivity index (χ0) is 13.4. The lowest BCUT2D eigenvalue weighted by Gasteiger charge is -2.08. The van der Waals surface area contributed by atoms with Crippen LogP contribution in [0.1, 0.15) is 0 Å². The molecular weight excluding hydrogens is 244 g/mol. The molecule has 0 saturated carbocycles. The molecule has 1 aromatic carbocycles. The number of methoxy groups -OCH3 is 1. The maximum Gasteiger partial charge on any atom is 0.260 e. The summed E-state index contributed by atoms with van der Waals surface area (Å²) in [5.74, 6) is 0.470. The van der Waals surface area contributed by atoms with E-state index in [1.165, 1.54) is 0 Å². The summed E-state index contributed by atoms with van der Waals surface area (Å²) in [7, 11) is 1.60. The van der Waals surface area contributed by atoms with Crippen LogP contribution in [0.3, 0.4) is 0 Å². The van der Waals surface area contributed by atoms with Crippen LogP contribution in [0.4, 0.5) is 5.82 Å². The average molecular weight is 258 g/mol. The molecule has 2 heterocycles. The molecule has 19 heavy (non-hydrogen) atoms.